The van der Waals surface area contributed by atoms with Crippen molar-refractivity contribution in [3.63, 3.8) is 0 Å². The zero-order valence-electron chi connectivity index (χ0n) is 11.0. The minimum absolute atomic E-state index is 0.446. The van der Waals surface area contributed by atoms with Crippen molar-refractivity contribution >= 4 is 5.95 Å². The molecule has 0 spiro atoms. The summed E-state index contributed by atoms with van der Waals surface area (Å²) in [4.78, 5) is 2.17. The van der Waals surface area contributed by atoms with Gasteiger partial charge >= 0.3 is 0 Å². The van der Waals surface area contributed by atoms with Crippen molar-refractivity contribution in [2.75, 3.05) is 25.0 Å². The van der Waals surface area contributed by atoms with Gasteiger partial charge in [0.05, 0.1) is 5.69 Å². The van der Waals surface area contributed by atoms with Crippen molar-refractivity contribution in [1.82, 2.24) is 25.5 Å². The fourth-order valence-corrected chi connectivity index (χ4v) is 2.47. The van der Waals surface area contributed by atoms with Crippen molar-refractivity contribution in [3.8, 4) is 5.69 Å². The monoisotopic (exact) mass is 258 g/mol. The summed E-state index contributed by atoms with van der Waals surface area (Å²) in [6.45, 7) is 2.09. The molecule has 0 amide bonds. The maximum Gasteiger partial charge on any atom is 0.250 e. The average Bonchev–Trinajstić information content (AvgIpc) is 2.98. The first-order valence-corrected chi connectivity index (χ1v) is 6.63. The summed E-state index contributed by atoms with van der Waals surface area (Å²) in [6.07, 6.45) is 2.37. The van der Waals surface area contributed by atoms with E-state index >= 15 is 0 Å². The number of nitrogens with one attached hydrogen (secondary N) is 1. The molecule has 1 aromatic carbocycles. The van der Waals surface area contributed by atoms with Crippen LogP contribution in [0.1, 0.15) is 12.8 Å². The molecule has 1 unspecified atom stereocenters. The first-order chi connectivity index (χ1) is 9.36. The Kier molecular flexibility index (Phi) is 3.41. The molecule has 2 aromatic rings. The van der Waals surface area contributed by atoms with Crippen molar-refractivity contribution in [1.29, 1.82) is 0 Å². The SMILES string of the molecule is CN(c1nnnn1-c1ccccc1)C1CCCNC1. The Bertz CT molecular complexity index is 517. The van der Waals surface area contributed by atoms with Gasteiger partial charge < -0.3 is 10.2 Å². The second-order valence-corrected chi connectivity index (χ2v) is 4.84. The Labute approximate surface area is 112 Å². The van der Waals surface area contributed by atoms with E-state index < -0.39 is 0 Å². The predicted octanol–water partition coefficient (Wildman–Crippen LogP) is 0.850. The first kappa shape index (κ1) is 12.1. The van der Waals surface area contributed by atoms with E-state index in [1.54, 1.807) is 4.68 Å². The van der Waals surface area contributed by atoms with Crippen molar-refractivity contribution in [2.24, 2.45) is 0 Å². The molecular weight excluding hydrogens is 240 g/mol. The number of piperidine rings is 1. The standard InChI is InChI=1S/C13H18N6/c1-18(12-8-5-9-14-10-12)13-15-16-17-19(13)11-6-3-2-4-7-11/h2-4,6-7,12,14H,5,8-10H2,1H3. The summed E-state index contributed by atoms with van der Waals surface area (Å²) in [6, 6.07) is 10.4. The van der Waals surface area contributed by atoms with E-state index in [1.165, 1.54) is 12.8 Å². The van der Waals surface area contributed by atoms with E-state index in [0.29, 0.717) is 6.04 Å². The highest BCUT2D eigenvalue weighted by atomic mass is 15.6. The summed E-state index contributed by atoms with van der Waals surface area (Å²) < 4.78 is 1.79. The van der Waals surface area contributed by atoms with Crippen LogP contribution in [0.2, 0.25) is 0 Å². The molecule has 1 aliphatic heterocycles. The van der Waals surface area contributed by atoms with Crippen molar-refractivity contribution in [2.45, 2.75) is 18.9 Å². The molecule has 19 heavy (non-hydrogen) atoms. The highest BCUT2D eigenvalue weighted by Gasteiger charge is 2.22. The number of hydrogen-bond acceptors (Lipinski definition) is 5. The Morgan fingerprint density at radius 1 is 1.32 bits per heavy atom. The van der Waals surface area contributed by atoms with Gasteiger partial charge in [0.1, 0.15) is 0 Å². The van der Waals surface area contributed by atoms with E-state index in [4.69, 9.17) is 0 Å². The number of tetrazole rings is 1. The number of likely N-dealkylation sites (N-methyl/N-ethyl adjacent to an activating group) is 1. The van der Waals surface area contributed by atoms with Gasteiger partial charge in [-0.3, -0.25) is 0 Å². The number of rotatable bonds is 3. The maximum absolute atomic E-state index is 4.17. The van der Waals surface area contributed by atoms with Crippen LogP contribution in [0, 0.1) is 0 Å². The number of aromatic nitrogens is 4. The molecule has 6 nitrogen and oxygen atoms in total. The smallest absolute Gasteiger partial charge is 0.250 e. The highest BCUT2D eigenvalue weighted by Crippen LogP contribution is 2.18. The lowest BCUT2D eigenvalue weighted by Gasteiger charge is -2.31. The lowest BCUT2D eigenvalue weighted by Crippen LogP contribution is -2.45. The number of para-hydroxylation sites is 1. The normalized spacial score (nSPS) is 19.3. The molecule has 0 saturated carbocycles. The molecule has 1 fully saturated rings. The quantitative estimate of drug-likeness (QED) is 0.884. The highest BCUT2D eigenvalue weighted by molar-refractivity contribution is 5.40. The van der Waals surface area contributed by atoms with Crippen LogP contribution in [0.5, 0.6) is 0 Å². The van der Waals surface area contributed by atoms with Gasteiger partial charge in [-0.15, -0.1) is 0 Å². The second-order valence-electron chi connectivity index (χ2n) is 4.84. The Morgan fingerprint density at radius 2 is 2.16 bits per heavy atom. The largest absolute Gasteiger partial charge is 0.338 e. The molecule has 0 radical (unpaired) electrons. The molecule has 2 heterocycles. The molecule has 1 aliphatic rings. The number of benzene rings is 1. The molecule has 1 aromatic heterocycles. The van der Waals surface area contributed by atoms with Gasteiger partial charge in [0.15, 0.2) is 0 Å². The van der Waals surface area contributed by atoms with Gasteiger partial charge in [-0.25, -0.2) is 0 Å². The molecular formula is C13H18N6. The second kappa shape index (κ2) is 5.36. The zero-order chi connectivity index (χ0) is 13.1. The molecule has 3 rings (SSSR count). The van der Waals surface area contributed by atoms with Gasteiger partial charge in [-0.05, 0) is 41.9 Å². The summed E-state index contributed by atoms with van der Waals surface area (Å²) >= 11 is 0. The lowest BCUT2D eigenvalue weighted by atomic mass is 10.1. The van der Waals surface area contributed by atoms with Crippen LogP contribution in [0.4, 0.5) is 5.95 Å². The molecule has 1 N–H and O–H groups in total. The average molecular weight is 258 g/mol. The fourth-order valence-electron chi connectivity index (χ4n) is 2.47. The van der Waals surface area contributed by atoms with Gasteiger partial charge in [-0.2, -0.15) is 4.68 Å². The van der Waals surface area contributed by atoms with Gasteiger partial charge in [0, 0.05) is 19.6 Å². The van der Waals surface area contributed by atoms with Crippen molar-refractivity contribution in [3.05, 3.63) is 30.3 Å². The van der Waals surface area contributed by atoms with Crippen LogP contribution in [-0.2, 0) is 0 Å². The Hall–Kier alpha value is -1.95. The summed E-state index contributed by atoms with van der Waals surface area (Å²) in [7, 11) is 2.06. The van der Waals surface area contributed by atoms with Gasteiger partial charge in [-0.1, -0.05) is 23.3 Å². The van der Waals surface area contributed by atoms with E-state index in [1.807, 2.05) is 30.3 Å². The van der Waals surface area contributed by atoms with E-state index in [-0.39, 0.29) is 0 Å². The maximum atomic E-state index is 4.17. The fraction of sp³-hybridized carbons (Fsp3) is 0.462. The first-order valence-electron chi connectivity index (χ1n) is 6.63. The lowest BCUT2D eigenvalue weighted by molar-refractivity contribution is 0.440. The van der Waals surface area contributed by atoms with Crippen LogP contribution in [-0.4, -0.2) is 46.4 Å². The predicted molar refractivity (Wildman–Crippen MR) is 73.4 cm³/mol. The zero-order valence-corrected chi connectivity index (χ0v) is 11.0. The van der Waals surface area contributed by atoms with Crippen molar-refractivity contribution < 1.29 is 0 Å². The van der Waals surface area contributed by atoms with E-state index in [0.717, 1.165) is 24.7 Å². The van der Waals surface area contributed by atoms with Crippen LogP contribution >= 0.6 is 0 Å². The molecule has 100 valence electrons. The van der Waals surface area contributed by atoms with Crippen LogP contribution < -0.4 is 10.2 Å². The summed E-state index contributed by atoms with van der Waals surface area (Å²) in [5.74, 6) is 0.792. The van der Waals surface area contributed by atoms with E-state index in [9.17, 15) is 0 Å². The number of anilines is 1. The molecule has 6 heteroatoms. The van der Waals surface area contributed by atoms with Crippen LogP contribution in [0.25, 0.3) is 5.69 Å². The minimum atomic E-state index is 0.446. The van der Waals surface area contributed by atoms with Crippen LogP contribution in [0.3, 0.4) is 0 Å². The Balaban J connectivity index is 1.87. The summed E-state index contributed by atoms with van der Waals surface area (Å²) in [5, 5.41) is 15.5. The number of hydrogen-bond donors (Lipinski definition) is 1. The third kappa shape index (κ3) is 2.44. The van der Waals surface area contributed by atoms with E-state index in [2.05, 4.69) is 32.8 Å². The minimum Gasteiger partial charge on any atom is -0.338 e. The molecule has 0 aliphatic carbocycles. The third-order valence-corrected chi connectivity index (χ3v) is 3.59. The van der Waals surface area contributed by atoms with Crippen LogP contribution in [0.15, 0.2) is 30.3 Å². The Morgan fingerprint density at radius 3 is 2.89 bits per heavy atom. The number of nitrogens with zero attached hydrogens (tertiary/aromatic N) is 5. The third-order valence-electron chi connectivity index (χ3n) is 3.59. The summed E-state index contributed by atoms with van der Waals surface area (Å²) in [5.41, 5.74) is 0.984. The van der Waals surface area contributed by atoms with Gasteiger partial charge in [0.25, 0.3) is 0 Å². The van der Waals surface area contributed by atoms with Gasteiger partial charge in [0.2, 0.25) is 5.95 Å². The molecule has 1 atom stereocenters. The molecule has 0 bridgehead atoms. The molecule has 1 saturated heterocycles. The topological polar surface area (TPSA) is 58.9 Å².